The van der Waals surface area contributed by atoms with Crippen LogP contribution in [0.1, 0.15) is 13.8 Å². The van der Waals surface area contributed by atoms with Gasteiger partial charge in [-0.05, 0) is 0 Å². The van der Waals surface area contributed by atoms with Crippen molar-refractivity contribution >= 4 is 5.97 Å². The third kappa shape index (κ3) is 1.42. The molecular weight excluding hydrogens is 118 g/mol. The third-order valence-corrected chi connectivity index (χ3v) is 1.21. The number of ether oxygens (including phenoxy) is 1. The number of cyclic esters (lactones) is 1. The van der Waals surface area contributed by atoms with Crippen LogP contribution in [0.5, 0.6) is 0 Å². The molecule has 1 atom stereocenters. The van der Waals surface area contributed by atoms with Crippen molar-refractivity contribution in [2.24, 2.45) is 0 Å². The van der Waals surface area contributed by atoms with Crippen molar-refractivity contribution in [3.05, 3.63) is 0 Å². The predicted molar refractivity (Wildman–Crippen MR) is 33.0 cm³/mol. The Balaban J connectivity index is 2.21. The number of nitrogens with one attached hydrogen (secondary N) is 1. The summed E-state index contributed by atoms with van der Waals surface area (Å²) in [6.45, 7) is 4.55. The quantitative estimate of drug-likeness (QED) is 0.529. The van der Waals surface area contributed by atoms with E-state index in [1.807, 2.05) is 13.8 Å². The average Bonchev–Trinajstić information content (AvgIpc) is 1.79. The fraction of sp³-hybridized carbons (Fsp3) is 0.833. The molecule has 0 amide bonds. The molecule has 1 fully saturated rings. The lowest BCUT2D eigenvalue weighted by molar-refractivity contribution is -0.163. The van der Waals surface area contributed by atoms with Gasteiger partial charge in [0.25, 0.3) is 0 Å². The van der Waals surface area contributed by atoms with Crippen molar-refractivity contribution in [2.75, 3.05) is 6.61 Å². The first kappa shape index (κ1) is 6.55. The molecule has 9 heavy (non-hydrogen) atoms. The summed E-state index contributed by atoms with van der Waals surface area (Å²) in [5.74, 6) is -0.122. The minimum Gasteiger partial charge on any atom is -0.462 e. The van der Waals surface area contributed by atoms with Gasteiger partial charge in [0.15, 0.2) is 0 Å². The van der Waals surface area contributed by atoms with E-state index in [-0.39, 0.29) is 12.0 Å². The van der Waals surface area contributed by atoms with Crippen molar-refractivity contribution < 1.29 is 9.53 Å². The van der Waals surface area contributed by atoms with Crippen LogP contribution in [-0.4, -0.2) is 24.7 Å². The van der Waals surface area contributed by atoms with Crippen LogP contribution in [0.3, 0.4) is 0 Å². The first-order valence-corrected chi connectivity index (χ1v) is 3.13. The summed E-state index contributed by atoms with van der Waals surface area (Å²) in [7, 11) is 0. The number of carbonyl (C=O) groups excluding carboxylic acids is 1. The molecule has 3 nitrogen and oxygen atoms in total. The van der Waals surface area contributed by atoms with Crippen molar-refractivity contribution in [1.82, 2.24) is 5.32 Å². The van der Waals surface area contributed by atoms with Crippen LogP contribution < -0.4 is 5.32 Å². The lowest BCUT2D eigenvalue weighted by Crippen LogP contribution is -2.52. The summed E-state index contributed by atoms with van der Waals surface area (Å²) in [6.07, 6.45) is 0. The van der Waals surface area contributed by atoms with E-state index in [1.165, 1.54) is 0 Å². The molecule has 0 aliphatic carbocycles. The summed E-state index contributed by atoms with van der Waals surface area (Å²) in [4.78, 5) is 10.5. The monoisotopic (exact) mass is 129 g/mol. The molecule has 0 radical (unpaired) electrons. The molecule has 1 heterocycles. The van der Waals surface area contributed by atoms with Gasteiger partial charge in [-0.25, -0.2) is 0 Å². The fourth-order valence-electron chi connectivity index (χ4n) is 0.753. The molecule has 1 aliphatic heterocycles. The van der Waals surface area contributed by atoms with Crippen LogP contribution in [0.2, 0.25) is 0 Å². The summed E-state index contributed by atoms with van der Waals surface area (Å²) in [5, 5.41) is 3.05. The third-order valence-electron chi connectivity index (χ3n) is 1.21. The van der Waals surface area contributed by atoms with Crippen molar-refractivity contribution in [2.45, 2.75) is 25.9 Å². The molecule has 3 heteroatoms. The van der Waals surface area contributed by atoms with Gasteiger partial charge in [-0.1, -0.05) is 13.8 Å². The number of hydrogen-bond donors (Lipinski definition) is 1. The molecular formula is C6H11NO2. The molecule has 0 aromatic rings. The Morgan fingerprint density at radius 1 is 1.78 bits per heavy atom. The van der Waals surface area contributed by atoms with E-state index in [0.717, 1.165) is 0 Å². The Kier molecular flexibility index (Phi) is 1.71. The van der Waals surface area contributed by atoms with Crippen LogP contribution in [0.25, 0.3) is 0 Å². The van der Waals surface area contributed by atoms with Gasteiger partial charge in [-0.2, -0.15) is 0 Å². The van der Waals surface area contributed by atoms with Crippen molar-refractivity contribution in [3.8, 4) is 0 Å². The zero-order valence-electron chi connectivity index (χ0n) is 5.68. The largest absolute Gasteiger partial charge is 0.462 e. The first-order chi connectivity index (χ1) is 4.20. The Hall–Kier alpha value is -0.570. The van der Waals surface area contributed by atoms with Crippen molar-refractivity contribution in [3.63, 3.8) is 0 Å². The van der Waals surface area contributed by atoms with Crippen LogP contribution in [-0.2, 0) is 9.53 Å². The Bertz CT molecular complexity index is 122. The van der Waals surface area contributed by atoms with Gasteiger partial charge in [0.2, 0.25) is 0 Å². The van der Waals surface area contributed by atoms with Gasteiger partial charge < -0.3 is 4.74 Å². The molecule has 0 aromatic carbocycles. The second kappa shape index (κ2) is 2.35. The van der Waals surface area contributed by atoms with E-state index >= 15 is 0 Å². The summed E-state index contributed by atoms with van der Waals surface area (Å²) >= 11 is 0. The Morgan fingerprint density at radius 3 is 2.56 bits per heavy atom. The van der Waals surface area contributed by atoms with Crippen LogP contribution in [0.15, 0.2) is 0 Å². The predicted octanol–water partition coefficient (Wildman–Crippen LogP) is -0.0902. The van der Waals surface area contributed by atoms with Gasteiger partial charge in [-0.3, -0.25) is 10.1 Å². The van der Waals surface area contributed by atoms with E-state index in [4.69, 9.17) is 0 Å². The van der Waals surface area contributed by atoms with Crippen molar-refractivity contribution in [1.29, 1.82) is 0 Å². The van der Waals surface area contributed by atoms with Gasteiger partial charge in [0.1, 0.15) is 12.6 Å². The molecule has 1 rings (SSSR count). The minimum atomic E-state index is -0.122. The smallest absolute Gasteiger partial charge is 0.326 e. The van der Waals surface area contributed by atoms with E-state index < -0.39 is 0 Å². The van der Waals surface area contributed by atoms with Gasteiger partial charge in [0, 0.05) is 6.04 Å². The average molecular weight is 129 g/mol. The fourth-order valence-corrected chi connectivity index (χ4v) is 0.753. The zero-order chi connectivity index (χ0) is 6.85. The molecule has 1 N–H and O–H groups in total. The SMILES string of the molecule is CC(C)NC1COC1=O. The minimum absolute atomic E-state index is 0.0370. The summed E-state index contributed by atoms with van der Waals surface area (Å²) < 4.78 is 4.54. The number of esters is 1. The second-order valence-electron chi connectivity index (χ2n) is 2.50. The highest BCUT2D eigenvalue weighted by Gasteiger charge is 2.30. The lowest BCUT2D eigenvalue weighted by Gasteiger charge is -2.26. The van der Waals surface area contributed by atoms with Gasteiger partial charge in [-0.15, -0.1) is 0 Å². The number of hydrogen-bond acceptors (Lipinski definition) is 3. The number of rotatable bonds is 2. The highest BCUT2D eigenvalue weighted by molar-refractivity contribution is 5.80. The standard InChI is InChI=1S/C6H11NO2/c1-4(2)7-5-3-9-6(5)8/h4-5,7H,3H2,1-2H3. The maximum absolute atomic E-state index is 10.5. The maximum atomic E-state index is 10.5. The molecule has 0 aromatic heterocycles. The van der Waals surface area contributed by atoms with E-state index in [9.17, 15) is 4.79 Å². The Morgan fingerprint density at radius 2 is 2.44 bits per heavy atom. The topological polar surface area (TPSA) is 38.3 Å². The Labute approximate surface area is 54.4 Å². The molecule has 1 aliphatic rings. The van der Waals surface area contributed by atoms with Crippen LogP contribution in [0, 0.1) is 0 Å². The maximum Gasteiger partial charge on any atom is 0.326 e. The van der Waals surface area contributed by atoms with E-state index in [1.54, 1.807) is 0 Å². The van der Waals surface area contributed by atoms with Gasteiger partial charge >= 0.3 is 5.97 Å². The van der Waals surface area contributed by atoms with E-state index in [0.29, 0.717) is 12.6 Å². The molecule has 0 spiro atoms. The number of carbonyl (C=O) groups is 1. The molecule has 1 unspecified atom stereocenters. The highest BCUT2D eigenvalue weighted by atomic mass is 16.6. The zero-order valence-corrected chi connectivity index (χ0v) is 5.68. The molecule has 1 saturated heterocycles. The van der Waals surface area contributed by atoms with E-state index in [2.05, 4.69) is 10.1 Å². The van der Waals surface area contributed by atoms with Crippen LogP contribution in [0.4, 0.5) is 0 Å². The van der Waals surface area contributed by atoms with Gasteiger partial charge in [0.05, 0.1) is 0 Å². The highest BCUT2D eigenvalue weighted by Crippen LogP contribution is 2.02. The van der Waals surface area contributed by atoms with Crippen LogP contribution >= 0.6 is 0 Å². The summed E-state index contributed by atoms with van der Waals surface area (Å²) in [5.41, 5.74) is 0. The normalized spacial score (nSPS) is 25.7. The second-order valence-corrected chi connectivity index (χ2v) is 2.50. The summed E-state index contributed by atoms with van der Waals surface area (Å²) in [6, 6.07) is 0.327. The molecule has 0 saturated carbocycles. The first-order valence-electron chi connectivity index (χ1n) is 3.13. The lowest BCUT2D eigenvalue weighted by atomic mass is 10.2. The molecule has 52 valence electrons. The molecule has 0 bridgehead atoms.